The van der Waals surface area contributed by atoms with E-state index in [2.05, 4.69) is 16.8 Å². The Hall–Kier alpha value is -3.03. The maximum Gasteiger partial charge on any atom is 0.148 e. The second-order valence-electron chi connectivity index (χ2n) is 5.78. The summed E-state index contributed by atoms with van der Waals surface area (Å²) in [7, 11) is 0. The van der Waals surface area contributed by atoms with Crippen molar-refractivity contribution in [3.63, 3.8) is 0 Å². The molecule has 0 bridgehead atoms. The van der Waals surface area contributed by atoms with E-state index < -0.39 is 0 Å². The summed E-state index contributed by atoms with van der Waals surface area (Å²) in [5.41, 5.74) is 9.18. The van der Waals surface area contributed by atoms with Gasteiger partial charge < -0.3 is 5.73 Å². The summed E-state index contributed by atoms with van der Waals surface area (Å²) in [6.07, 6.45) is 0.345. The molecule has 0 amide bonds. The van der Waals surface area contributed by atoms with Gasteiger partial charge in [0.1, 0.15) is 11.3 Å². The Balaban J connectivity index is 1.89. The normalized spacial score (nSPS) is 10.6. The minimum absolute atomic E-state index is 0.167. The number of rotatable bonds is 6. The Morgan fingerprint density at radius 3 is 2.63 bits per heavy atom. The first kappa shape index (κ1) is 18.8. The highest BCUT2D eigenvalue weighted by atomic mass is 32.2. The molecule has 0 saturated heterocycles. The van der Waals surface area contributed by atoms with Gasteiger partial charge >= 0.3 is 0 Å². The van der Waals surface area contributed by atoms with E-state index in [4.69, 9.17) is 16.6 Å². The van der Waals surface area contributed by atoms with Gasteiger partial charge in [-0.25, -0.2) is 4.68 Å². The summed E-state index contributed by atoms with van der Waals surface area (Å²) in [5, 5.41) is 21.0. The highest BCUT2D eigenvalue weighted by molar-refractivity contribution is 7.99. The van der Waals surface area contributed by atoms with Crippen LogP contribution in [0.25, 0.3) is 11.3 Å². The fourth-order valence-corrected chi connectivity index (χ4v) is 3.36. The third-order valence-electron chi connectivity index (χ3n) is 3.97. The highest BCUT2D eigenvalue weighted by Crippen LogP contribution is 2.29. The van der Waals surface area contributed by atoms with Crippen LogP contribution in [0.5, 0.6) is 0 Å². The van der Waals surface area contributed by atoms with E-state index in [1.807, 2.05) is 48.5 Å². The van der Waals surface area contributed by atoms with Gasteiger partial charge in [-0.2, -0.15) is 5.10 Å². The Kier molecular flexibility index (Phi) is 5.95. The Bertz CT molecular complexity index is 1030. The van der Waals surface area contributed by atoms with Crippen molar-refractivity contribution in [2.45, 2.75) is 11.3 Å². The minimum atomic E-state index is 0.167. The number of aromatic nitrogens is 2. The second kappa shape index (κ2) is 8.57. The van der Waals surface area contributed by atoms with Gasteiger partial charge in [0.05, 0.1) is 11.4 Å². The summed E-state index contributed by atoms with van der Waals surface area (Å²) in [6, 6.07) is 18.9. The highest BCUT2D eigenvalue weighted by Gasteiger charge is 2.09. The van der Waals surface area contributed by atoms with E-state index in [0.717, 1.165) is 27.4 Å². The maximum absolute atomic E-state index is 8.45. The smallest absolute Gasteiger partial charge is 0.148 e. The van der Waals surface area contributed by atoms with E-state index in [0.29, 0.717) is 12.3 Å². The summed E-state index contributed by atoms with van der Waals surface area (Å²) >= 11 is 1.48. The maximum atomic E-state index is 8.45. The lowest BCUT2D eigenvalue weighted by Crippen LogP contribution is -2.30. The average molecular weight is 376 g/mol. The lowest BCUT2D eigenvalue weighted by molar-refractivity contribution is 0.799. The van der Waals surface area contributed by atoms with Gasteiger partial charge in [0.2, 0.25) is 0 Å². The van der Waals surface area contributed by atoms with Gasteiger partial charge in [-0.05, 0) is 36.5 Å². The average Bonchev–Trinajstić information content (AvgIpc) is 2.69. The molecule has 6 nitrogen and oxygen atoms in total. The number of nitrogens with zero attached hydrogens (tertiary/aromatic N) is 3. The number of benzene rings is 2. The first-order valence-corrected chi connectivity index (χ1v) is 9.31. The molecule has 1 aromatic heterocycles. The molecule has 136 valence electrons. The van der Waals surface area contributed by atoms with Crippen LogP contribution in [0.2, 0.25) is 0 Å². The molecule has 27 heavy (non-hydrogen) atoms. The van der Waals surface area contributed by atoms with Crippen molar-refractivity contribution in [3.05, 3.63) is 71.7 Å². The quantitative estimate of drug-likeness (QED) is 0.266. The van der Waals surface area contributed by atoms with E-state index in [1.54, 1.807) is 12.1 Å². The Labute approximate surface area is 161 Å². The van der Waals surface area contributed by atoms with Crippen molar-refractivity contribution in [1.29, 1.82) is 10.8 Å². The monoisotopic (exact) mass is 376 g/mol. The molecule has 0 aliphatic rings. The molecule has 0 aliphatic carbocycles. The molecule has 0 radical (unpaired) electrons. The SMILES string of the molecule is C=Nc1ccc(CC(=N)n2nc(-c3ccccc3)ccc2=N)cc1SCN. The predicted octanol–water partition coefficient (Wildman–Crippen LogP) is 3.44. The van der Waals surface area contributed by atoms with Gasteiger partial charge in [0.15, 0.2) is 0 Å². The molecule has 2 aromatic carbocycles. The first-order chi connectivity index (χ1) is 13.1. The number of aliphatic imine (C=N–C) groups is 1. The zero-order valence-electron chi connectivity index (χ0n) is 14.7. The van der Waals surface area contributed by atoms with Crippen LogP contribution in [0.3, 0.4) is 0 Å². The van der Waals surface area contributed by atoms with Crippen molar-refractivity contribution >= 4 is 30.0 Å². The number of hydrogen-bond acceptors (Lipinski definition) is 6. The van der Waals surface area contributed by atoms with Crippen LogP contribution >= 0.6 is 11.8 Å². The van der Waals surface area contributed by atoms with Gasteiger partial charge in [-0.3, -0.25) is 15.8 Å². The fourth-order valence-electron chi connectivity index (χ4n) is 2.66. The fraction of sp³-hybridized carbons (Fsp3) is 0.100. The van der Waals surface area contributed by atoms with E-state index in [9.17, 15) is 0 Å². The minimum Gasteiger partial charge on any atom is -0.322 e. The summed E-state index contributed by atoms with van der Waals surface area (Å²) in [4.78, 5) is 4.93. The zero-order chi connectivity index (χ0) is 19.2. The van der Waals surface area contributed by atoms with Crippen LogP contribution in [-0.4, -0.2) is 28.2 Å². The summed E-state index contributed by atoms with van der Waals surface area (Å²) in [6.45, 7) is 3.58. The van der Waals surface area contributed by atoms with E-state index in [1.165, 1.54) is 16.4 Å². The topological polar surface area (TPSA) is 104 Å². The molecule has 0 saturated carbocycles. The molecule has 3 rings (SSSR count). The van der Waals surface area contributed by atoms with Crippen LogP contribution in [0.15, 0.2) is 70.6 Å². The molecule has 1 heterocycles. The molecule has 7 heteroatoms. The molecule has 0 unspecified atom stereocenters. The third kappa shape index (κ3) is 4.39. The summed E-state index contributed by atoms with van der Waals surface area (Å²) < 4.78 is 1.36. The summed E-state index contributed by atoms with van der Waals surface area (Å²) in [5.74, 6) is 0.663. The molecular weight excluding hydrogens is 356 g/mol. The van der Waals surface area contributed by atoms with Gasteiger partial charge in [0, 0.05) is 22.8 Å². The molecule has 0 spiro atoms. The van der Waals surface area contributed by atoms with Crippen molar-refractivity contribution in [3.8, 4) is 11.3 Å². The number of nitrogens with two attached hydrogens (primary N) is 1. The van der Waals surface area contributed by atoms with Crippen LogP contribution in [0, 0.1) is 10.8 Å². The standard InChI is InChI=1S/C20H20N6S/c1-24-17-8-7-14(11-18(17)27-13-21)12-20(23)26-19(22)10-9-16(25-26)15-5-3-2-4-6-15/h2-11,22-23H,1,12-13,21H2. The van der Waals surface area contributed by atoms with E-state index in [-0.39, 0.29) is 11.3 Å². The number of thioether (sulfide) groups is 1. The van der Waals surface area contributed by atoms with Crippen LogP contribution in [0.1, 0.15) is 5.56 Å². The number of nitrogens with one attached hydrogen (secondary N) is 2. The molecule has 4 N–H and O–H groups in total. The lowest BCUT2D eigenvalue weighted by Gasteiger charge is -2.11. The molecule has 0 aliphatic heterocycles. The van der Waals surface area contributed by atoms with Crippen molar-refractivity contribution in [1.82, 2.24) is 9.78 Å². The zero-order valence-corrected chi connectivity index (χ0v) is 15.5. The Morgan fingerprint density at radius 1 is 1.15 bits per heavy atom. The van der Waals surface area contributed by atoms with Crippen molar-refractivity contribution in [2.24, 2.45) is 10.7 Å². The third-order valence-corrected chi connectivity index (χ3v) is 4.77. The van der Waals surface area contributed by atoms with Gasteiger partial charge in [0.25, 0.3) is 0 Å². The van der Waals surface area contributed by atoms with Crippen molar-refractivity contribution < 1.29 is 0 Å². The molecule has 0 fully saturated rings. The van der Waals surface area contributed by atoms with Crippen LogP contribution in [-0.2, 0) is 6.42 Å². The largest absolute Gasteiger partial charge is 0.322 e. The number of hydrogen-bond donors (Lipinski definition) is 3. The Morgan fingerprint density at radius 2 is 1.93 bits per heavy atom. The van der Waals surface area contributed by atoms with Crippen LogP contribution < -0.4 is 11.2 Å². The van der Waals surface area contributed by atoms with Crippen molar-refractivity contribution in [2.75, 3.05) is 5.88 Å². The predicted molar refractivity (Wildman–Crippen MR) is 111 cm³/mol. The van der Waals surface area contributed by atoms with Gasteiger partial charge in [-0.15, -0.1) is 11.8 Å². The van der Waals surface area contributed by atoms with Crippen LogP contribution in [0.4, 0.5) is 5.69 Å². The lowest BCUT2D eigenvalue weighted by atomic mass is 10.1. The van der Waals surface area contributed by atoms with E-state index >= 15 is 0 Å². The molecular formula is C20H20N6S. The first-order valence-electron chi connectivity index (χ1n) is 8.33. The van der Waals surface area contributed by atoms with Gasteiger partial charge in [-0.1, -0.05) is 36.4 Å². The molecule has 3 aromatic rings. The molecule has 0 atom stereocenters. The second-order valence-corrected chi connectivity index (χ2v) is 6.84.